The number of amides is 2. The molecular formula is C8H13N2O. The maximum absolute atomic E-state index is 11.0. The fraction of sp³-hybridized carbons (Fsp3) is 0.875. The van der Waals surface area contributed by atoms with Crippen molar-refractivity contribution in [2.75, 3.05) is 19.6 Å². The quantitative estimate of drug-likeness (QED) is 0.578. The Morgan fingerprint density at radius 1 is 1.55 bits per heavy atom. The van der Waals surface area contributed by atoms with E-state index in [1.807, 2.05) is 4.90 Å². The smallest absolute Gasteiger partial charge is 0.321 e. The third-order valence-electron chi connectivity index (χ3n) is 2.59. The van der Waals surface area contributed by atoms with Crippen molar-refractivity contribution in [3.05, 3.63) is 0 Å². The SMILES string of the molecule is O=C1[N]CCN1CC1CCC1. The zero-order valence-electron chi connectivity index (χ0n) is 6.62. The summed E-state index contributed by atoms with van der Waals surface area (Å²) in [4.78, 5) is 12.9. The molecule has 1 saturated carbocycles. The lowest BCUT2D eigenvalue weighted by Gasteiger charge is -2.28. The summed E-state index contributed by atoms with van der Waals surface area (Å²) in [6, 6.07) is 0.0110. The second kappa shape index (κ2) is 2.72. The predicted octanol–water partition coefficient (Wildman–Crippen LogP) is 0.826. The van der Waals surface area contributed by atoms with Gasteiger partial charge >= 0.3 is 6.03 Å². The monoisotopic (exact) mass is 153 g/mol. The Morgan fingerprint density at radius 3 is 2.82 bits per heavy atom. The van der Waals surface area contributed by atoms with Gasteiger partial charge in [-0.3, -0.25) is 0 Å². The summed E-state index contributed by atoms with van der Waals surface area (Å²) in [5.41, 5.74) is 0. The average Bonchev–Trinajstić information content (AvgIpc) is 2.27. The molecule has 0 aromatic rings. The average molecular weight is 153 g/mol. The Kier molecular flexibility index (Phi) is 1.72. The Morgan fingerprint density at radius 2 is 2.36 bits per heavy atom. The predicted molar refractivity (Wildman–Crippen MR) is 41.3 cm³/mol. The molecule has 2 aliphatic rings. The maximum Gasteiger partial charge on any atom is 0.339 e. The van der Waals surface area contributed by atoms with Crippen molar-refractivity contribution in [3.63, 3.8) is 0 Å². The van der Waals surface area contributed by atoms with Crippen LogP contribution in [-0.4, -0.2) is 30.6 Å². The molecule has 61 valence electrons. The van der Waals surface area contributed by atoms with E-state index in [9.17, 15) is 4.79 Å². The fourth-order valence-corrected chi connectivity index (χ4v) is 1.62. The van der Waals surface area contributed by atoms with Crippen LogP contribution in [0.3, 0.4) is 0 Å². The summed E-state index contributed by atoms with van der Waals surface area (Å²) in [6.07, 6.45) is 3.97. The third kappa shape index (κ3) is 1.32. The van der Waals surface area contributed by atoms with Crippen molar-refractivity contribution in [1.82, 2.24) is 10.2 Å². The van der Waals surface area contributed by atoms with Crippen molar-refractivity contribution in [1.29, 1.82) is 0 Å². The van der Waals surface area contributed by atoms with Crippen LogP contribution < -0.4 is 5.32 Å². The topological polar surface area (TPSA) is 34.4 Å². The molecule has 3 heteroatoms. The van der Waals surface area contributed by atoms with Crippen LogP contribution in [0.5, 0.6) is 0 Å². The van der Waals surface area contributed by atoms with E-state index in [1.165, 1.54) is 19.3 Å². The van der Waals surface area contributed by atoms with Crippen molar-refractivity contribution in [3.8, 4) is 0 Å². The van der Waals surface area contributed by atoms with Crippen molar-refractivity contribution < 1.29 is 4.79 Å². The normalized spacial score (nSPS) is 25.1. The highest BCUT2D eigenvalue weighted by molar-refractivity contribution is 5.75. The van der Waals surface area contributed by atoms with Crippen molar-refractivity contribution in [2.45, 2.75) is 19.3 Å². The first-order valence-corrected chi connectivity index (χ1v) is 4.32. The lowest BCUT2D eigenvalue weighted by atomic mass is 9.85. The minimum atomic E-state index is 0.0110. The van der Waals surface area contributed by atoms with Gasteiger partial charge in [-0.2, -0.15) is 0 Å². The Hall–Kier alpha value is -0.730. The van der Waals surface area contributed by atoms with Crippen LogP contribution in [-0.2, 0) is 0 Å². The fourth-order valence-electron chi connectivity index (χ4n) is 1.62. The van der Waals surface area contributed by atoms with Gasteiger partial charge in [0.15, 0.2) is 0 Å². The molecule has 0 bridgehead atoms. The van der Waals surface area contributed by atoms with Crippen LogP contribution in [0.25, 0.3) is 0 Å². The number of hydrogen-bond acceptors (Lipinski definition) is 1. The minimum Gasteiger partial charge on any atom is -0.321 e. The molecule has 1 radical (unpaired) electrons. The molecule has 1 saturated heterocycles. The summed E-state index contributed by atoms with van der Waals surface area (Å²) < 4.78 is 0. The summed E-state index contributed by atoms with van der Waals surface area (Å²) in [7, 11) is 0. The van der Waals surface area contributed by atoms with Crippen LogP contribution >= 0.6 is 0 Å². The van der Waals surface area contributed by atoms with E-state index in [0.29, 0.717) is 6.54 Å². The second-order valence-electron chi connectivity index (χ2n) is 3.41. The van der Waals surface area contributed by atoms with Crippen LogP contribution in [0.2, 0.25) is 0 Å². The van der Waals surface area contributed by atoms with Crippen molar-refractivity contribution in [2.24, 2.45) is 5.92 Å². The summed E-state index contributed by atoms with van der Waals surface area (Å²) in [5.74, 6) is 0.784. The van der Waals surface area contributed by atoms with E-state index in [0.717, 1.165) is 19.0 Å². The number of hydrogen-bond donors (Lipinski definition) is 0. The molecule has 0 spiro atoms. The van der Waals surface area contributed by atoms with E-state index in [-0.39, 0.29) is 6.03 Å². The number of rotatable bonds is 2. The molecule has 2 fully saturated rings. The first-order chi connectivity index (χ1) is 5.36. The van der Waals surface area contributed by atoms with Crippen LogP contribution in [0.1, 0.15) is 19.3 Å². The highest BCUT2D eigenvalue weighted by atomic mass is 16.2. The highest BCUT2D eigenvalue weighted by Crippen LogP contribution is 2.27. The summed E-state index contributed by atoms with van der Waals surface area (Å²) in [5, 5.41) is 3.82. The number of nitrogens with zero attached hydrogens (tertiary/aromatic N) is 2. The molecule has 1 aliphatic heterocycles. The van der Waals surface area contributed by atoms with Gasteiger partial charge in [-0.15, -0.1) is 0 Å². The zero-order chi connectivity index (χ0) is 7.68. The summed E-state index contributed by atoms with van der Waals surface area (Å²) in [6.45, 7) is 2.53. The Balaban J connectivity index is 1.80. The van der Waals surface area contributed by atoms with Gasteiger partial charge in [0.1, 0.15) is 0 Å². The van der Waals surface area contributed by atoms with E-state index >= 15 is 0 Å². The van der Waals surface area contributed by atoms with Gasteiger partial charge in [-0.1, -0.05) is 6.42 Å². The molecule has 0 aromatic heterocycles. The van der Waals surface area contributed by atoms with Gasteiger partial charge in [0, 0.05) is 13.1 Å². The largest absolute Gasteiger partial charge is 0.339 e. The number of urea groups is 1. The molecule has 2 amide bonds. The minimum absolute atomic E-state index is 0.0110. The molecule has 0 N–H and O–H groups in total. The standard InChI is InChI=1S/C8H13N2O/c11-8-9-4-5-10(8)6-7-2-1-3-7/h7H,1-6H2. The molecule has 11 heavy (non-hydrogen) atoms. The van der Waals surface area contributed by atoms with Crippen LogP contribution in [0.15, 0.2) is 0 Å². The van der Waals surface area contributed by atoms with Gasteiger partial charge in [0.05, 0.1) is 6.54 Å². The zero-order valence-corrected chi connectivity index (χ0v) is 6.62. The first-order valence-electron chi connectivity index (χ1n) is 4.32. The molecule has 0 unspecified atom stereocenters. The van der Waals surface area contributed by atoms with Gasteiger partial charge in [-0.05, 0) is 18.8 Å². The van der Waals surface area contributed by atoms with Crippen molar-refractivity contribution >= 4 is 6.03 Å². The third-order valence-corrected chi connectivity index (χ3v) is 2.59. The number of carbonyl (C=O) groups excluding carboxylic acids is 1. The molecule has 0 aromatic carbocycles. The lowest BCUT2D eigenvalue weighted by molar-refractivity contribution is 0.188. The second-order valence-corrected chi connectivity index (χ2v) is 3.41. The molecule has 3 nitrogen and oxygen atoms in total. The van der Waals surface area contributed by atoms with Crippen LogP contribution in [0, 0.1) is 5.92 Å². The molecule has 1 aliphatic carbocycles. The molecular weight excluding hydrogens is 140 g/mol. The lowest BCUT2D eigenvalue weighted by Crippen LogP contribution is -2.33. The maximum atomic E-state index is 11.0. The van der Waals surface area contributed by atoms with Crippen LogP contribution in [0.4, 0.5) is 4.79 Å². The first kappa shape index (κ1) is 6.95. The van der Waals surface area contributed by atoms with Gasteiger partial charge in [0.25, 0.3) is 0 Å². The molecule has 0 atom stereocenters. The molecule has 2 rings (SSSR count). The Bertz CT molecular complexity index is 165. The Labute approximate surface area is 66.8 Å². The molecule has 1 heterocycles. The van der Waals surface area contributed by atoms with Gasteiger partial charge in [0.2, 0.25) is 0 Å². The van der Waals surface area contributed by atoms with E-state index in [4.69, 9.17) is 0 Å². The highest BCUT2D eigenvalue weighted by Gasteiger charge is 2.26. The van der Waals surface area contributed by atoms with Gasteiger partial charge in [-0.25, -0.2) is 10.1 Å². The van der Waals surface area contributed by atoms with E-state index in [1.54, 1.807) is 0 Å². The van der Waals surface area contributed by atoms with E-state index in [2.05, 4.69) is 5.32 Å². The van der Waals surface area contributed by atoms with E-state index < -0.39 is 0 Å². The number of carbonyl (C=O) groups is 1. The van der Waals surface area contributed by atoms with Gasteiger partial charge < -0.3 is 4.90 Å². The summed E-state index contributed by atoms with van der Waals surface area (Å²) >= 11 is 0.